The number of aromatic amines is 1. The van der Waals surface area contributed by atoms with E-state index in [-0.39, 0.29) is 17.1 Å². The lowest BCUT2D eigenvalue weighted by molar-refractivity contribution is -0.115. The minimum atomic E-state index is -1.71. The lowest BCUT2D eigenvalue weighted by Crippen LogP contribution is -2.44. The van der Waals surface area contributed by atoms with E-state index in [9.17, 15) is 13.6 Å². The molecule has 0 bridgehead atoms. The number of carbonyl (C=O) groups is 1. The molecule has 3 heterocycles. The van der Waals surface area contributed by atoms with E-state index in [0.717, 1.165) is 61.8 Å². The molecule has 0 atom stereocenters. The van der Waals surface area contributed by atoms with Gasteiger partial charge < -0.3 is 24.7 Å². The predicted molar refractivity (Wildman–Crippen MR) is 178 cm³/mol. The van der Waals surface area contributed by atoms with E-state index in [2.05, 4.69) is 69.6 Å². The number of anilines is 3. The number of aromatic nitrogens is 4. The molecule has 4 aromatic rings. The standard InChI is InChI=1S/C33H43F2N7O3Si/c1-33(2,3)46(4,5)45-16-15-42-13-11-22(12-14-42)20-44-24-9-10-25-28(19-24)36-21-37-32(25)39-29-17-23(40-41-29)18-30(43)38-27-8-6-7-26(34)31(27)35/h6-10,17,19,21-22H,11-16,18,20H2,1-5H3,(H,38,43)(H2,36,37,39,40,41). The number of benzene rings is 2. The van der Waals surface area contributed by atoms with Gasteiger partial charge in [0.05, 0.1) is 24.2 Å². The molecular formula is C33H43F2N7O3Si. The molecule has 3 N–H and O–H groups in total. The maximum Gasteiger partial charge on any atom is 0.230 e. The highest BCUT2D eigenvalue weighted by molar-refractivity contribution is 6.74. The van der Waals surface area contributed by atoms with Gasteiger partial charge in [0, 0.05) is 36.4 Å². The summed E-state index contributed by atoms with van der Waals surface area (Å²) in [6.45, 7) is 16.0. The second-order valence-electron chi connectivity index (χ2n) is 13.3. The van der Waals surface area contributed by atoms with E-state index in [4.69, 9.17) is 9.16 Å². The molecule has 1 aliphatic rings. The fraction of sp³-hybridized carbons (Fsp3) is 0.455. The van der Waals surface area contributed by atoms with Crippen molar-refractivity contribution in [3.05, 3.63) is 66.1 Å². The molecular weight excluding hydrogens is 608 g/mol. The fourth-order valence-electron chi connectivity index (χ4n) is 5.07. The Labute approximate surface area is 269 Å². The van der Waals surface area contributed by atoms with Crippen LogP contribution in [0.3, 0.4) is 0 Å². The monoisotopic (exact) mass is 651 g/mol. The highest BCUT2D eigenvalue weighted by Gasteiger charge is 2.37. The number of hydrogen-bond acceptors (Lipinski definition) is 8. The maximum atomic E-state index is 13.9. The first-order valence-electron chi connectivity index (χ1n) is 15.7. The Morgan fingerprint density at radius 3 is 2.65 bits per heavy atom. The van der Waals surface area contributed by atoms with Crippen molar-refractivity contribution in [3.63, 3.8) is 0 Å². The summed E-state index contributed by atoms with van der Waals surface area (Å²) in [5, 5.41) is 13.5. The first-order valence-corrected chi connectivity index (χ1v) is 18.6. The summed E-state index contributed by atoms with van der Waals surface area (Å²) in [6.07, 6.45) is 3.55. The van der Waals surface area contributed by atoms with Crippen LogP contribution in [-0.4, -0.2) is 72.1 Å². The largest absolute Gasteiger partial charge is 0.493 e. The van der Waals surface area contributed by atoms with Crippen LogP contribution in [0.25, 0.3) is 10.9 Å². The quantitative estimate of drug-likeness (QED) is 0.146. The van der Waals surface area contributed by atoms with Crippen molar-refractivity contribution in [1.29, 1.82) is 0 Å². The smallest absolute Gasteiger partial charge is 0.230 e. The van der Waals surface area contributed by atoms with Gasteiger partial charge in [-0.2, -0.15) is 5.10 Å². The molecule has 246 valence electrons. The van der Waals surface area contributed by atoms with Crippen LogP contribution in [-0.2, 0) is 15.6 Å². The number of nitrogens with one attached hydrogen (secondary N) is 3. The number of carbonyl (C=O) groups excluding carboxylic acids is 1. The average Bonchev–Trinajstić information content (AvgIpc) is 3.44. The third-order valence-electron chi connectivity index (χ3n) is 8.93. The SMILES string of the molecule is CC(C)(C)[Si](C)(C)OCCN1CCC(COc2ccc3c(Nc4cc(CC(=O)Nc5cccc(F)c5F)[nH]n4)ncnc3c2)CC1. The van der Waals surface area contributed by atoms with E-state index in [1.807, 2.05) is 18.2 Å². The van der Waals surface area contributed by atoms with Crippen molar-refractivity contribution >= 4 is 42.5 Å². The van der Waals surface area contributed by atoms with Gasteiger partial charge in [0.2, 0.25) is 5.91 Å². The third-order valence-corrected chi connectivity index (χ3v) is 13.5. The Hall–Kier alpha value is -3.94. The normalized spacial score (nSPS) is 14.8. The van der Waals surface area contributed by atoms with Crippen molar-refractivity contribution in [1.82, 2.24) is 25.1 Å². The number of nitrogens with zero attached hydrogens (tertiary/aromatic N) is 4. The minimum Gasteiger partial charge on any atom is -0.493 e. The zero-order valence-corrected chi connectivity index (χ0v) is 28.1. The second kappa shape index (κ2) is 14.2. The number of amides is 1. The number of piperidine rings is 1. The Morgan fingerprint density at radius 2 is 1.89 bits per heavy atom. The van der Waals surface area contributed by atoms with Crippen LogP contribution in [0.2, 0.25) is 18.1 Å². The molecule has 0 saturated carbocycles. The predicted octanol–water partition coefficient (Wildman–Crippen LogP) is 6.67. The van der Waals surface area contributed by atoms with Crippen LogP contribution >= 0.6 is 0 Å². The number of likely N-dealkylation sites (tertiary alicyclic amines) is 1. The average molecular weight is 652 g/mol. The van der Waals surface area contributed by atoms with E-state index in [0.29, 0.717) is 29.9 Å². The van der Waals surface area contributed by atoms with Crippen molar-refractivity contribution < 1.29 is 22.7 Å². The number of H-pyrrole nitrogens is 1. The molecule has 1 fully saturated rings. The highest BCUT2D eigenvalue weighted by Crippen LogP contribution is 2.36. The number of rotatable bonds is 12. The van der Waals surface area contributed by atoms with Crippen LogP contribution in [0.4, 0.5) is 26.1 Å². The van der Waals surface area contributed by atoms with Gasteiger partial charge in [-0.05, 0) is 74.2 Å². The topological polar surface area (TPSA) is 117 Å². The number of hydrogen-bond donors (Lipinski definition) is 3. The first kappa shape index (κ1) is 33.4. The van der Waals surface area contributed by atoms with Gasteiger partial charge in [0.25, 0.3) is 0 Å². The van der Waals surface area contributed by atoms with E-state index < -0.39 is 25.9 Å². The van der Waals surface area contributed by atoms with Gasteiger partial charge in [0.1, 0.15) is 17.9 Å². The molecule has 1 amide bonds. The Bertz CT molecular complexity index is 1650. The Kier molecular flexibility index (Phi) is 10.3. The highest BCUT2D eigenvalue weighted by atomic mass is 28.4. The van der Waals surface area contributed by atoms with Crippen molar-refractivity contribution in [2.24, 2.45) is 5.92 Å². The summed E-state index contributed by atoms with van der Waals surface area (Å²) in [5.41, 5.74) is 0.984. The van der Waals surface area contributed by atoms with E-state index in [1.165, 1.54) is 18.5 Å². The molecule has 0 unspecified atom stereocenters. The molecule has 10 nitrogen and oxygen atoms in total. The van der Waals surface area contributed by atoms with Crippen LogP contribution in [0, 0.1) is 17.6 Å². The number of halogens is 2. The molecule has 46 heavy (non-hydrogen) atoms. The van der Waals surface area contributed by atoms with Crippen LogP contribution < -0.4 is 15.4 Å². The molecule has 0 aliphatic carbocycles. The first-order chi connectivity index (χ1) is 21.9. The molecule has 0 radical (unpaired) electrons. The van der Waals surface area contributed by atoms with Gasteiger partial charge in [-0.3, -0.25) is 9.89 Å². The Balaban J connectivity index is 1.09. The molecule has 5 rings (SSSR count). The van der Waals surface area contributed by atoms with Gasteiger partial charge >= 0.3 is 0 Å². The lowest BCUT2D eigenvalue weighted by Gasteiger charge is -2.37. The summed E-state index contributed by atoms with van der Waals surface area (Å²) >= 11 is 0. The minimum absolute atomic E-state index is 0.111. The van der Waals surface area contributed by atoms with E-state index in [1.54, 1.807) is 6.07 Å². The summed E-state index contributed by atoms with van der Waals surface area (Å²) in [4.78, 5) is 23.7. The molecule has 2 aromatic heterocycles. The van der Waals surface area contributed by atoms with Crippen molar-refractivity contribution in [3.8, 4) is 5.75 Å². The van der Waals surface area contributed by atoms with Crippen LogP contribution in [0.5, 0.6) is 5.75 Å². The van der Waals surface area contributed by atoms with Gasteiger partial charge in [-0.25, -0.2) is 18.7 Å². The van der Waals surface area contributed by atoms with Crippen molar-refractivity contribution in [2.75, 3.05) is 43.5 Å². The Morgan fingerprint density at radius 1 is 1.11 bits per heavy atom. The molecule has 1 saturated heterocycles. The van der Waals surface area contributed by atoms with Gasteiger partial charge in [0.15, 0.2) is 25.8 Å². The van der Waals surface area contributed by atoms with Crippen LogP contribution in [0.1, 0.15) is 39.3 Å². The number of ether oxygens (including phenoxy) is 1. The summed E-state index contributed by atoms with van der Waals surface area (Å²) in [6, 6.07) is 11.0. The van der Waals surface area contributed by atoms with E-state index >= 15 is 0 Å². The zero-order valence-electron chi connectivity index (χ0n) is 27.1. The zero-order chi connectivity index (χ0) is 32.9. The summed E-state index contributed by atoms with van der Waals surface area (Å²) in [7, 11) is -1.71. The van der Waals surface area contributed by atoms with Crippen LogP contribution in [0.15, 0.2) is 48.8 Å². The third kappa shape index (κ3) is 8.45. The second-order valence-corrected chi connectivity index (χ2v) is 18.1. The molecule has 13 heteroatoms. The maximum absolute atomic E-state index is 13.9. The van der Waals surface area contributed by atoms with Gasteiger partial charge in [-0.15, -0.1) is 0 Å². The molecule has 1 aliphatic heterocycles. The fourth-order valence-corrected chi connectivity index (χ4v) is 6.10. The molecule has 2 aromatic carbocycles. The summed E-state index contributed by atoms with van der Waals surface area (Å²) < 4.78 is 39.9. The van der Waals surface area contributed by atoms with Crippen molar-refractivity contribution in [2.45, 2.75) is 58.2 Å². The van der Waals surface area contributed by atoms with Gasteiger partial charge in [-0.1, -0.05) is 26.8 Å². The lowest BCUT2D eigenvalue weighted by atomic mass is 9.98. The summed E-state index contributed by atoms with van der Waals surface area (Å²) in [5.74, 6) is -0.409. The molecule has 0 spiro atoms. The number of fused-ring (bicyclic) bond motifs is 1.